The molecule has 0 unspecified atom stereocenters. The average Bonchev–Trinajstić information content (AvgIpc) is 2.50. The van der Waals surface area contributed by atoms with E-state index in [0.717, 1.165) is 5.69 Å². The Hall–Kier alpha value is -2.56. The Kier molecular flexibility index (Phi) is 4.77. The molecule has 2 N–H and O–H groups in total. The number of anilines is 3. The van der Waals surface area contributed by atoms with Crippen LogP contribution in [-0.4, -0.2) is 24.1 Å². The van der Waals surface area contributed by atoms with Crippen LogP contribution in [0.3, 0.4) is 0 Å². The predicted octanol–water partition coefficient (Wildman–Crippen LogP) is 3.00. The molecule has 0 saturated heterocycles. The Morgan fingerprint density at radius 3 is 2.62 bits per heavy atom. The number of nitrogens with two attached hydrogens (primary N) is 1. The van der Waals surface area contributed by atoms with Crippen molar-refractivity contribution in [3.63, 3.8) is 0 Å². The first-order valence-corrected chi connectivity index (χ1v) is 6.92. The molecule has 0 aliphatic heterocycles. The molecule has 21 heavy (non-hydrogen) atoms. The zero-order valence-corrected chi connectivity index (χ0v) is 12.2. The third-order valence-corrected chi connectivity index (χ3v) is 3.02. The van der Waals surface area contributed by atoms with Gasteiger partial charge in [0.05, 0.1) is 18.5 Å². The second kappa shape index (κ2) is 6.74. The number of esters is 1. The van der Waals surface area contributed by atoms with Crippen molar-refractivity contribution in [3.8, 4) is 0 Å². The van der Waals surface area contributed by atoms with Crippen molar-refractivity contribution in [1.29, 1.82) is 0 Å². The van der Waals surface area contributed by atoms with Gasteiger partial charge in [0.25, 0.3) is 0 Å². The van der Waals surface area contributed by atoms with Crippen molar-refractivity contribution in [2.45, 2.75) is 13.8 Å². The summed E-state index contributed by atoms with van der Waals surface area (Å²) in [5.41, 5.74) is 7.53. The summed E-state index contributed by atoms with van der Waals surface area (Å²) in [5.74, 6) is 0.137. The Bertz CT molecular complexity index is 614. The van der Waals surface area contributed by atoms with Gasteiger partial charge in [0.2, 0.25) is 0 Å². The molecular formula is C16H19N3O2. The third kappa shape index (κ3) is 3.31. The van der Waals surface area contributed by atoms with Gasteiger partial charge in [-0.15, -0.1) is 0 Å². The van der Waals surface area contributed by atoms with Crippen molar-refractivity contribution in [1.82, 2.24) is 4.98 Å². The highest BCUT2D eigenvalue weighted by Gasteiger charge is 2.19. The molecule has 2 rings (SSSR count). The number of carbonyl (C=O) groups excluding carboxylic acids is 1. The molecule has 0 aliphatic rings. The van der Waals surface area contributed by atoms with E-state index in [1.54, 1.807) is 19.2 Å². The van der Waals surface area contributed by atoms with Crippen molar-refractivity contribution < 1.29 is 9.53 Å². The number of hydrogen-bond donors (Lipinski definition) is 1. The number of ether oxygens (including phenoxy) is 1. The summed E-state index contributed by atoms with van der Waals surface area (Å²) in [7, 11) is 0. The van der Waals surface area contributed by atoms with Gasteiger partial charge in [-0.1, -0.05) is 18.2 Å². The van der Waals surface area contributed by atoms with E-state index in [4.69, 9.17) is 10.5 Å². The first-order valence-electron chi connectivity index (χ1n) is 6.92. The van der Waals surface area contributed by atoms with Crippen LogP contribution in [0.15, 0.2) is 42.6 Å². The van der Waals surface area contributed by atoms with Crippen molar-refractivity contribution >= 4 is 23.2 Å². The molecule has 0 fully saturated rings. The fourth-order valence-electron chi connectivity index (χ4n) is 2.11. The smallest absolute Gasteiger partial charge is 0.341 e. The number of aromatic nitrogens is 1. The lowest BCUT2D eigenvalue weighted by molar-refractivity contribution is 0.0527. The van der Waals surface area contributed by atoms with Gasteiger partial charge in [0, 0.05) is 12.2 Å². The normalized spacial score (nSPS) is 10.2. The molecule has 1 heterocycles. The Morgan fingerprint density at radius 1 is 1.29 bits per heavy atom. The minimum Gasteiger partial charge on any atom is -0.462 e. The molecule has 0 radical (unpaired) electrons. The van der Waals surface area contributed by atoms with Crippen molar-refractivity contribution in [2.24, 2.45) is 0 Å². The molecule has 2 aromatic rings. The minimum atomic E-state index is -0.415. The van der Waals surface area contributed by atoms with E-state index in [1.807, 2.05) is 42.2 Å². The van der Waals surface area contributed by atoms with Crippen molar-refractivity contribution in [3.05, 3.63) is 48.2 Å². The number of benzene rings is 1. The number of nitrogens with zero attached hydrogens (tertiary/aromatic N) is 2. The summed E-state index contributed by atoms with van der Waals surface area (Å²) in [4.78, 5) is 18.4. The molecule has 0 spiro atoms. The second-order valence-corrected chi connectivity index (χ2v) is 4.44. The Balaban J connectivity index is 2.48. The van der Waals surface area contributed by atoms with E-state index in [-0.39, 0.29) is 0 Å². The minimum absolute atomic E-state index is 0.310. The maximum Gasteiger partial charge on any atom is 0.341 e. The number of rotatable bonds is 5. The summed E-state index contributed by atoms with van der Waals surface area (Å²) in [6, 6.07) is 11.4. The van der Waals surface area contributed by atoms with Gasteiger partial charge in [-0.3, -0.25) is 0 Å². The monoisotopic (exact) mass is 285 g/mol. The molecule has 110 valence electrons. The van der Waals surface area contributed by atoms with Gasteiger partial charge in [0.15, 0.2) is 0 Å². The second-order valence-electron chi connectivity index (χ2n) is 4.44. The number of nitrogen functional groups attached to an aromatic ring is 1. The summed E-state index contributed by atoms with van der Waals surface area (Å²) >= 11 is 0. The number of para-hydroxylation sites is 1. The van der Waals surface area contributed by atoms with E-state index in [0.29, 0.717) is 30.2 Å². The maximum atomic E-state index is 12.1. The van der Waals surface area contributed by atoms with Gasteiger partial charge in [0.1, 0.15) is 11.4 Å². The third-order valence-electron chi connectivity index (χ3n) is 3.02. The summed E-state index contributed by atoms with van der Waals surface area (Å²) in [6.45, 7) is 4.75. The van der Waals surface area contributed by atoms with Crippen LogP contribution in [-0.2, 0) is 4.74 Å². The van der Waals surface area contributed by atoms with Gasteiger partial charge < -0.3 is 15.4 Å². The molecule has 0 saturated carbocycles. The lowest BCUT2D eigenvalue weighted by atomic mass is 10.2. The van der Waals surface area contributed by atoms with E-state index in [1.165, 1.54) is 0 Å². The van der Waals surface area contributed by atoms with Gasteiger partial charge in [-0.05, 0) is 32.0 Å². The molecule has 0 aliphatic carbocycles. The standard InChI is InChI=1S/C16H19N3O2/c1-3-19(13-8-6-5-7-9-13)15-14(16(20)21-4-2)10-12(17)11-18-15/h5-11H,3-4,17H2,1-2H3. The van der Waals surface area contributed by atoms with E-state index in [2.05, 4.69) is 4.98 Å². The molecule has 0 bridgehead atoms. The summed E-state index contributed by atoms with van der Waals surface area (Å²) < 4.78 is 5.09. The van der Waals surface area contributed by atoms with Gasteiger partial charge >= 0.3 is 5.97 Å². The lowest BCUT2D eigenvalue weighted by Crippen LogP contribution is -2.21. The fourth-order valence-corrected chi connectivity index (χ4v) is 2.11. The first-order chi connectivity index (χ1) is 10.2. The lowest BCUT2D eigenvalue weighted by Gasteiger charge is -2.24. The van der Waals surface area contributed by atoms with Crippen LogP contribution in [0.25, 0.3) is 0 Å². The van der Waals surface area contributed by atoms with Gasteiger partial charge in [-0.2, -0.15) is 0 Å². The summed E-state index contributed by atoms with van der Waals surface area (Å²) in [6.07, 6.45) is 1.55. The number of hydrogen-bond acceptors (Lipinski definition) is 5. The molecule has 1 aromatic heterocycles. The van der Waals surface area contributed by atoms with Crippen LogP contribution in [0, 0.1) is 0 Å². The molecule has 5 nitrogen and oxygen atoms in total. The van der Waals surface area contributed by atoms with Crippen LogP contribution >= 0.6 is 0 Å². The topological polar surface area (TPSA) is 68.5 Å². The molecular weight excluding hydrogens is 266 g/mol. The van der Waals surface area contributed by atoms with Crippen LogP contribution < -0.4 is 10.6 Å². The quantitative estimate of drug-likeness (QED) is 0.855. The van der Waals surface area contributed by atoms with Crippen LogP contribution in [0.4, 0.5) is 17.2 Å². The van der Waals surface area contributed by atoms with E-state index >= 15 is 0 Å². The number of pyridine rings is 1. The highest BCUT2D eigenvalue weighted by Crippen LogP contribution is 2.27. The summed E-state index contributed by atoms with van der Waals surface area (Å²) in [5, 5.41) is 0. The zero-order chi connectivity index (χ0) is 15.2. The van der Waals surface area contributed by atoms with E-state index in [9.17, 15) is 4.79 Å². The zero-order valence-electron chi connectivity index (χ0n) is 12.2. The highest BCUT2D eigenvalue weighted by atomic mass is 16.5. The largest absolute Gasteiger partial charge is 0.462 e. The van der Waals surface area contributed by atoms with Crippen molar-refractivity contribution in [2.75, 3.05) is 23.8 Å². The molecule has 0 amide bonds. The van der Waals surface area contributed by atoms with Crippen LogP contribution in [0.5, 0.6) is 0 Å². The average molecular weight is 285 g/mol. The first kappa shape index (κ1) is 14.8. The Morgan fingerprint density at radius 2 is 2.00 bits per heavy atom. The predicted molar refractivity (Wildman–Crippen MR) is 83.7 cm³/mol. The maximum absolute atomic E-state index is 12.1. The van der Waals surface area contributed by atoms with Crippen LogP contribution in [0.1, 0.15) is 24.2 Å². The highest BCUT2D eigenvalue weighted by molar-refractivity contribution is 5.96. The van der Waals surface area contributed by atoms with E-state index < -0.39 is 5.97 Å². The number of carbonyl (C=O) groups is 1. The molecule has 1 aromatic carbocycles. The molecule has 5 heteroatoms. The Labute approximate surface area is 124 Å². The van der Waals surface area contributed by atoms with Crippen LogP contribution in [0.2, 0.25) is 0 Å². The molecule has 0 atom stereocenters. The SMILES string of the molecule is CCOC(=O)c1cc(N)cnc1N(CC)c1ccccc1. The fraction of sp³-hybridized carbons (Fsp3) is 0.250. The van der Waals surface area contributed by atoms with Gasteiger partial charge in [-0.25, -0.2) is 9.78 Å².